The minimum absolute atomic E-state index is 0.0643. The largest absolute Gasteiger partial charge is 0.382 e. The standard InChI is InChI=1S/C54H32B2N4/c1-3-19-39(20-4-1)59-45-31-37-15-9-7-13-35(37)29-43(45)55-49-47(41-23-11-17-33-25-27-57(55)51(33)41)48-42-24-12-18-34-26-28-58(52(34)42)56-44-30-36-14-8-10-16-38(36)32-46(44)60(40-21-5-2-6-22-40)54(50(48)56)53(49)59/h1-32H. The molecule has 4 nitrogen and oxygen atoms in total. The van der Waals surface area contributed by atoms with Crippen molar-refractivity contribution in [2.45, 2.75) is 0 Å². The summed E-state index contributed by atoms with van der Waals surface area (Å²) in [6.07, 6.45) is 4.69. The predicted molar refractivity (Wildman–Crippen MR) is 254 cm³/mol. The Balaban J connectivity index is 1.23. The van der Waals surface area contributed by atoms with Crippen LogP contribution >= 0.6 is 0 Å². The molecule has 0 N–H and O–H groups in total. The highest BCUT2D eigenvalue weighted by molar-refractivity contribution is 6.93. The molecule has 0 unspecified atom stereocenters. The van der Waals surface area contributed by atoms with E-state index >= 15 is 0 Å². The SMILES string of the molecule is c1ccc(N2c3cc4ccccc4cc3B3c4c(c5c6c(c42)N(c2ccccc2)c2cc4ccccc4cc2B6n2ccc4cccc-5c42)-c2cccc4ccn3c24)cc1. The summed E-state index contributed by atoms with van der Waals surface area (Å²) in [5, 5.41) is 7.53. The van der Waals surface area contributed by atoms with Gasteiger partial charge in [0.15, 0.2) is 0 Å². The van der Waals surface area contributed by atoms with Gasteiger partial charge in [0.1, 0.15) is 0 Å². The number of hydrogen-bond donors (Lipinski definition) is 0. The zero-order valence-corrected chi connectivity index (χ0v) is 32.4. The van der Waals surface area contributed by atoms with Gasteiger partial charge in [-0.3, -0.25) is 0 Å². The molecule has 0 atom stereocenters. The van der Waals surface area contributed by atoms with Crippen LogP contribution in [0.3, 0.4) is 0 Å². The molecule has 0 saturated carbocycles. The number of benzene rings is 9. The maximum atomic E-state index is 2.62. The van der Waals surface area contributed by atoms with Crippen LogP contribution in [0, 0.1) is 0 Å². The van der Waals surface area contributed by atoms with Crippen molar-refractivity contribution in [3.8, 4) is 22.3 Å². The van der Waals surface area contributed by atoms with Crippen molar-refractivity contribution in [3.05, 3.63) is 194 Å². The second-order valence-electron chi connectivity index (χ2n) is 16.9. The summed E-state index contributed by atoms with van der Waals surface area (Å²) in [4.78, 5) is 5.23. The molecule has 0 spiro atoms. The quantitative estimate of drug-likeness (QED) is 0.163. The number of aromatic nitrogens is 2. The van der Waals surface area contributed by atoms with E-state index in [1.54, 1.807) is 0 Å². The molecule has 11 aromatic rings. The van der Waals surface area contributed by atoms with Crippen molar-refractivity contribution >= 4 is 113 Å². The minimum atomic E-state index is -0.0643. The molecular weight excluding hydrogens is 726 g/mol. The lowest BCUT2D eigenvalue weighted by Gasteiger charge is -2.48. The van der Waals surface area contributed by atoms with Crippen LogP contribution in [0.5, 0.6) is 0 Å². The third-order valence-corrected chi connectivity index (χ3v) is 14.0. The maximum Gasteiger partial charge on any atom is 0.332 e. The van der Waals surface area contributed by atoms with E-state index in [0.29, 0.717) is 0 Å². The van der Waals surface area contributed by atoms with Gasteiger partial charge in [-0.2, -0.15) is 0 Å². The van der Waals surface area contributed by atoms with E-state index in [1.165, 1.54) is 110 Å². The monoisotopic (exact) mass is 758 g/mol. The average Bonchev–Trinajstić information content (AvgIpc) is 3.94. The van der Waals surface area contributed by atoms with Gasteiger partial charge in [0.05, 0.1) is 11.4 Å². The molecule has 274 valence electrons. The highest BCUT2D eigenvalue weighted by Crippen LogP contribution is 2.55. The number of fused-ring (bicyclic) bond motifs is 12. The molecular formula is C54H32B2N4. The average molecular weight is 759 g/mol. The van der Waals surface area contributed by atoms with Crippen LogP contribution in [0.15, 0.2) is 194 Å². The smallest absolute Gasteiger partial charge is 0.332 e. The van der Waals surface area contributed by atoms with Crippen LogP contribution < -0.4 is 31.7 Å². The summed E-state index contributed by atoms with van der Waals surface area (Å²) in [7, 11) is 0. The van der Waals surface area contributed by atoms with Crippen molar-refractivity contribution in [1.29, 1.82) is 0 Å². The number of anilines is 6. The van der Waals surface area contributed by atoms with E-state index in [2.05, 4.69) is 213 Å². The lowest BCUT2D eigenvalue weighted by Crippen LogP contribution is -2.61. The molecule has 0 aliphatic carbocycles. The van der Waals surface area contributed by atoms with Gasteiger partial charge in [0, 0.05) is 44.9 Å². The topological polar surface area (TPSA) is 16.3 Å². The summed E-state index contributed by atoms with van der Waals surface area (Å²) >= 11 is 0. The molecule has 9 aromatic carbocycles. The van der Waals surface area contributed by atoms with E-state index in [9.17, 15) is 0 Å². The fraction of sp³-hybridized carbons (Fsp3) is 0. The van der Waals surface area contributed by atoms with Gasteiger partial charge in [-0.15, -0.1) is 0 Å². The molecule has 4 aliphatic heterocycles. The summed E-state index contributed by atoms with van der Waals surface area (Å²) < 4.78 is 5.18. The van der Waals surface area contributed by atoms with Crippen molar-refractivity contribution < 1.29 is 0 Å². The predicted octanol–water partition coefficient (Wildman–Crippen LogP) is 10.7. The van der Waals surface area contributed by atoms with E-state index in [0.717, 1.165) is 11.4 Å². The second-order valence-corrected chi connectivity index (χ2v) is 16.9. The molecule has 0 fully saturated rings. The molecule has 6 heterocycles. The first-order valence-corrected chi connectivity index (χ1v) is 21.0. The summed E-state index contributed by atoms with van der Waals surface area (Å²) in [5.41, 5.74) is 20.5. The molecule has 0 amide bonds. The van der Waals surface area contributed by atoms with Gasteiger partial charge in [-0.1, -0.05) is 133 Å². The summed E-state index contributed by atoms with van der Waals surface area (Å²) in [6.45, 7) is -0.129. The molecule has 0 radical (unpaired) electrons. The molecule has 6 heteroatoms. The van der Waals surface area contributed by atoms with Gasteiger partial charge in [-0.05, 0) is 126 Å². The van der Waals surface area contributed by atoms with Gasteiger partial charge >= 0.3 is 13.7 Å². The van der Waals surface area contributed by atoms with Gasteiger partial charge in [-0.25, -0.2) is 0 Å². The Morgan fingerprint density at radius 3 is 1.15 bits per heavy atom. The Morgan fingerprint density at radius 1 is 0.333 bits per heavy atom. The highest BCUT2D eigenvalue weighted by atomic mass is 15.2. The first-order chi connectivity index (χ1) is 29.8. The molecule has 0 bridgehead atoms. The zero-order valence-electron chi connectivity index (χ0n) is 32.4. The number of rotatable bonds is 2. The third-order valence-electron chi connectivity index (χ3n) is 14.0. The molecule has 2 aromatic heterocycles. The van der Waals surface area contributed by atoms with E-state index < -0.39 is 0 Å². The van der Waals surface area contributed by atoms with Gasteiger partial charge in [0.2, 0.25) is 0 Å². The fourth-order valence-electron chi connectivity index (χ4n) is 11.7. The number of nitrogens with zero attached hydrogens (tertiary/aromatic N) is 4. The number of hydrogen-bond acceptors (Lipinski definition) is 2. The van der Waals surface area contributed by atoms with Crippen molar-refractivity contribution in [2.24, 2.45) is 0 Å². The fourth-order valence-corrected chi connectivity index (χ4v) is 11.7. The Labute approximate surface area is 347 Å². The van der Waals surface area contributed by atoms with Crippen molar-refractivity contribution in [2.75, 3.05) is 9.80 Å². The first kappa shape index (κ1) is 31.3. The van der Waals surface area contributed by atoms with Crippen LogP contribution in [0.4, 0.5) is 34.1 Å². The van der Waals surface area contributed by atoms with Gasteiger partial charge < -0.3 is 18.8 Å². The van der Waals surface area contributed by atoms with Crippen LogP contribution in [0.1, 0.15) is 0 Å². The van der Waals surface area contributed by atoms with Crippen molar-refractivity contribution in [1.82, 2.24) is 8.96 Å². The third kappa shape index (κ3) is 3.76. The normalized spacial score (nSPS) is 13.9. The maximum absolute atomic E-state index is 2.62. The summed E-state index contributed by atoms with van der Waals surface area (Å²) in [6, 6.07) is 68.4. The first-order valence-electron chi connectivity index (χ1n) is 21.0. The lowest BCUT2D eigenvalue weighted by molar-refractivity contribution is 1.19. The van der Waals surface area contributed by atoms with Crippen LogP contribution in [-0.2, 0) is 0 Å². The number of para-hydroxylation sites is 4. The zero-order chi connectivity index (χ0) is 38.8. The van der Waals surface area contributed by atoms with E-state index in [4.69, 9.17) is 0 Å². The van der Waals surface area contributed by atoms with E-state index in [1.807, 2.05) is 0 Å². The Bertz CT molecular complexity index is 3460. The van der Waals surface area contributed by atoms with Crippen LogP contribution in [-0.4, -0.2) is 22.7 Å². The lowest BCUT2D eigenvalue weighted by atomic mass is 9.40. The second kappa shape index (κ2) is 11.1. The van der Waals surface area contributed by atoms with Crippen molar-refractivity contribution in [3.63, 3.8) is 0 Å². The van der Waals surface area contributed by atoms with Crippen LogP contribution in [0.2, 0.25) is 0 Å². The minimum Gasteiger partial charge on any atom is -0.382 e. The Morgan fingerprint density at radius 2 is 0.717 bits per heavy atom. The highest BCUT2D eigenvalue weighted by Gasteiger charge is 2.51. The van der Waals surface area contributed by atoms with Crippen LogP contribution in [0.25, 0.3) is 65.6 Å². The Kier molecular flexibility index (Phi) is 5.78. The Hall–Kier alpha value is -7.69. The molecule has 15 rings (SSSR count). The van der Waals surface area contributed by atoms with Gasteiger partial charge in [0.25, 0.3) is 0 Å². The summed E-state index contributed by atoms with van der Waals surface area (Å²) in [5.74, 6) is 0. The molecule has 4 aliphatic rings. The van der Waals surface area contributed by atoms with E-state index in [-0.39, 0.29) is 13.7 Å². The molecule has 60 heavy (non-hydrogen) atoms. The molecule has 0 saturated heterocycles.